The second-order valence-electron chi connectivity index (χ2n) is 4.06. The summed E-state index contributed by atoms with van der Waals surface area (Å²) in [5, 5.41) is 0. The first-order valence-corrected chi connectivity index (χ1v) is 7.02. The number of halogens is 2. The Kier molecular flexibility index (Phi) is 4.98. The van der Waals surface area contributed by atoms with Gasteiger partial charge in [0.1, 0.15) is 11.5 Å². The van der Waals surface area contributed by atoms with E-state index >= 15 is 0 Å². The van der Waals surface area contributed by atoms with Gasteiger partial charge in [-0.25, -0.2) is 4.39 Å². The van der Waals surface area contributed by atoms with Crippen molar-refractivity contribution in [2.45, 2.75) is 13.5 Å². The Morgan fingerprint density at radius 3 is 2.65 bits per heavy atom. The van der Waals surface area contributed by atoms with Gasteiger partial charge in [0.15, 0.2) is 11.6 Å². The maximum atomic E-state index is 14.1. The molecule has 2 N–H and O–H groups in total. The quantitative estimate of drug-likeness (QED) is 0.886. The lowest BCUT2D eigenvalue weighted by Crippen LogP contribution is -2.00. The molecule has 0 aliphatic rings. The zero-order valence-electron chi connectivity index (χ0n) is 11.0. The summed E-state index contributed by atoms with van der Waals surface area (Å²) in [5.41, 5.74) is 6.21. The van der Waals surface area contributed by atoms with Crippen LogP contribution in [0, 0.1) is 5.82 Å². The fraction of sp³-hybridized carbons (Fsp3) is 0.200. The first-order valence-electron chi connectivity index (χ1n) is 6.23. The summed E-state index contributed by atoms with van der Waals surface area (Å²) in [5.74, 6) is 0.878. The van der Waals surface area contributed by atoms with Crippen molar-refractivity contribution in [1.82, 2.24) is 0 Å². The fourth-order valence-electron chi connectivity index (χ4n) is 1.73. The average Bonchev–Trinajstić information content (AvgIpc) is 2.45. The lowest BCUT2D eigenvalue weighted by molar-refractivity contribution is 0.337. The summed E-state index contributed by atoms with van der Waals surface area (Å²) in [4.78, 5) is 0. The molecule has 2 aromatic rings. The molecule has 5 heteroatoms. The molecule has 3 nitrogen and oxygen atoms in total. The molecule has 0 fully saturated rings. The summed E-state index contributed by atoms with van der Waals surface area (Å²) in [7, 11) is 0. The minimum Gasteiger partial charge on any atom is -0.494 e. The van der Waals surface area contributed by atoms with Crippen LogP contribution in [0.2, 0.25) is 0 Å². The van der Waals surface area contributed by atoms with Crippen LogP contribution in [0.4, 0.5) is 4.39 Å². The lowest BCUT2D eigenvalue weighted by atomic mass is 10.2. The van der Waals surface area contributed by atoms with Crippen molar-refractivity contribution in [2.75, 3.05) is 6.61 Å². The lowest BCUT2D eigenvalue weighted by Gasteiger charge is -2.11. The van der Waals surface area contributed by atoms with Gasteiger partial charge in [0.25, 0.3) is 0 Å². The predicted molar refractivity (Wildman–Crippen MR) is 79.7 cm³/mol. The van der Waals surface area contributed by atoms with E-state index in [1.54, 1.807) is 30.3 Å². The molecule has 0 saturated heterocycles. The van der Waals surface area contributed by atoms with Gasteiger partial charge in [0.05, 0.1) is 11.1 Å². The van der Waals surface area contributed by atoms with Gasteiger partial charge < -0.3 is 15.2 Å². The first-order chi connectivity index (χ1) is 9.65. The second kappa shape index (κ2) is 6.72. The molecule has 2 rings (SSSR count). The normalized spacial score (nSPS) is 10.4. The molecule has 0 saturated carbocycles. The molecule has 0 aliphatic carbocycles. The van der Waals surface area contributed by atoms with Crippen LogP contribution in [0.3, 0.4) is 0 Å². The third-order valence-electron chi connectivity index (χ3n) is 2.69. The van der Waals surface area contributed by atoms with Crippen LogP contribution < -0.4 is 15.2 Å². The summed E-state index contributed by atoms with van der Waals surface area (Å²) >= 11 is 3.18. The Balaban J connectivity index is 2.26. The van der Waals surface area contributed by atoms with Gasteiger partial charge >= 0.3 is 0 Å². The van der Waals surface area contributed by atoms with Crippen LogP contribution in [0.25, 0.3) is 0 Å². The van der Waals surface area contributed by atoms with Crippen LogP contribution >= 0.6 is 15.9 Å². The molecule has 0 radical (unpaired) electrons. The van der Waals surface area contributed by atoms with E-state index in [0.717, 1.165) is 0 Å². The monoisotopic (exact) mass is 339 g/mol. The van der Waals surface area contributed by atoms with E-state index in [4.69, 9.17) is 15.2 Å². The molecule has 0 unspecified atom stereocenters. The van der Waals surface area contributed by atoms with Crippen molar-refractivity contribution >= 4 is 15.9 Å². The van der Waals surface area contributed by atoms with Crippen LogP contribution in [0.15, 0.2) is 40.9 Å². The van der Waals surface area contributed by atoms with Crippen LogP contribution in [0.5, 0.6) is 17.2 Å². The van der Waals surface area contributed by atoms with Gasteiger partial charge in [-0.2, -0.15) is 0 Å². The molecule has 0 spiro atoms. The van der Waals surface area contributed by atoms with E-state index in [1.807, 2.05) is 13.0 Å². The van der Waals surface area contributed by atoms with Gasteiger partial charge in [0, 0.05) is 12.6 Å². The Morgan fingerprint density at radius 1 is 1.20 bits per heavy atom. The molecule has 0 amide bonds. The maximum absolute atomic E-state index is 14.1. The minimum atomic E-state index is -0.463. The summed E-state index contributed by atoms with van der Waals surface area (Å²) in [6, 6.07) is 10.4. The van der Waals surface area contributed by atoms with Crippen LogP contribution in [0.1, 0.15) is 12.5 Å². The van der Waals surface area contributed by atoms with Gasteiger partial charge in [-0.1, -0.05) is 12.1 Å². The highest BCUT2D eigenvalue weighted by molar-refractivity contribution is 9.10. The number of benzene rings is 2. The van der Waals surface area contributed by atoms with Crippen LogP contribution in [-0.2, 0) is 6.54 Å². The summed E-state index contributed by atoms with van der Waals surface area (Å²) in [6.45, 7) is 2.72. The third-order valence-corrected chi connectivity index (χ3v) is 3.55. The Labute approximate surface area is 125 Å². The summed E-state index contributed by atoms with van der Waals surface area (Å²) < 4.78 is 25.4. The predicted octanol–water partition coefficient (Wildman–Crippen LogP) is 4.24. The number of rotatable bonds is 5. The van der Waals surface area contributed by atoms with Crippen molar-refractivity contribution in [1.29, 1.82) is 0 Å². The van der Waals surface area contributed by atoms with Crippen molar-refractivity contribution < 1.29 is 13.9 Å². The Hall–Kier alpha value is -1.59. The number of nitrogens with two attached hydrogens (primary N) is 1. The minimum absolute atomic E-state index is 0.141. The second-order valence-corrected chi connectivity index (χ2v) is 4.86. The smallest absolute Gasteiger partial charge is 0.180 e. The van der Waals surface area contributed by atoms with Crippen molar-refractivity contribution in [3.8, 4) is 17.2 Å². The molecule has 0 atom stereocenters. The molecule has 0 heterocycles. The standard InChI is InChI=1S/C15H15BrFNO2/c1-2-19-11-4-3-5-12(8-11)20-13-7-6-10(9-18)14(16)15(13)17/h3-8H,2,9,18H2,1H3. The zero-order valence-corrected chi connectivity index (χ0v) is 12.6. The van der Waals surface area contributed by atoms with Gasteiger partial charge in [-0.3, -0.25) is 0 Å². The maximum Gasteiger partial charge on any atom is 0.180 e. The highest BCUT2D eigenvalue weighted by Gasteiger charge is 2.12. The van der Waals surface area contributed by atoms with Crippen molar-refractivity contribution in [3.05, 3.63) is 52.3 Å². The van der Waals surface area contributed by atoms with Gasteiger partial charge in [0.2, 0.25) is 0 Å². The van der Waals surface area contributed by atoms with E-state index in [1.165, 1.54) is 0 Å². The molecule has 106 valence electrons. The molecular weight excluding hydrogens is 325 g/mol. The molecule has 0 aliphatic heterocycles. The number of hydrogen-bond acceptors (Lipinski definition) is 3. The SMILES string of the molecule is CCOc1cccc(Oc2ccc(CN)c(Br)c2F)c1. The van der Waals surface area contributed by atoms with E-state index in [0.29, 0.717) is 28.1 Å². The largest absolute Gasteiger partial charge is 0.494 e. The van der Waals surface area contributed by atoms with Gasteiger partial charge in [-0.05, 0) is 46.6 Å². The topological polar surface area (TPSA) is 44.5 Å². The highest BCUT2D eigenvalue weighted by atomic mass is 79.9. The first kappa shape index (κ1) is 14.8. The molecule has 20 heavy (non-hydrogen) atoms. The molecule has 0 aromatic heterocycles. The summed E-state index contributed by atoms with van der Waals surface area (Å²) in [6.07, 6.45) is 0. The average molecular weight is 340 g/mol. The van der Waals surface area contributed by atoms with Crippen molar-refractivity contribution in [2.24, 2.45) is 5.73 Å². The van der Waals surface area contributed by atoms with Crippen LogP contribution in [-0.4, -0.2) is 6.61 Å². The highest BCUT2D eigenvalue weighted by Crippen LogP contribution is 2.32. The molecular formula is C15H15BrFNO2. The van der Waals surface area contributed by atoms with E-state index in [2.05, 4.69) is 15.9 Å². The van der Waals surface area contributed by atoms with E-state index in [9.17, 15) is 4.39 Å². The third kappa shape index (κ3) is 3.29. The van der Waals surface area contributed by atoms with E-state index in [-0.39, 0.29) is 12.3 Å². The van der Waals surface area contributed by atoms with E-state index < -0.39 is 5.82 Å². The number of hydrogen-bond donors (Lipinski definition) is 1. The molecule has 2 aromatic carbocycles. The zero-order chi connectivity index (χ0) is 14.5. The molecule has 0 bridgehead atoms. The number of ether oxygens (including phenoxy) is 2. The fourth-order valence-corrected chi connectivity index (χ4v) is 2.22. The Bertz CT molecular complexity index is 604. The van der Waals surface area contributed by atoms with Crippen molar-refractivity contribution in [3.63, 3.8) is 0 Å². The Morgan fingerprint density at radius 2 is 1.95 bits per heavy atom. The van der Waals surface area contributed by atoms with Gasteiger partial charge in [-0.15, -0.1) is 0 Å².